The fraction of sp³-hybridized carbons (Fsp3) is 0.435. The number of anilines is 2. The highest BCUT2D eigenvalue weighted by molar-refractivity contribution is 7.20. The summed E-state index contributed by atoms with van der Waals surface area (Å²) in [5.41, 5.74) is 3.30. The van der Waals surface area contributed by atoms with Crippen molar-refractivity contribution in [2.45, 2.75) is 59.9 Å². The van der Waals surface area contributed by atoms with Crippen LogP contribution in [0.4, 0.5) is 11.5 Å². The van der Waals surface area contributed by atoms with Gasteiger partial charge in [-0.1, -0.05) is 32.9 Å². The van der Waals surface area contributed by atoms with E-state index in [0.717, 1.165) is 33.7 Å². The predicted octanol–water partition coefficient (Wildman–Crippen LogP) is 5.73. The molecule has 29 heavy (non-hydrogen) atoms. The molecule has 154 valence electrons. The molecule has 3 aromatic rings. The minimum Gasteiger partial charge on any atom is -0.349 e. The zero-order valence-corrected chi connectivity index (χ0v) is 19.1. The third-order valence-electron chi connectivity index (χ3n) is 5.34. The summed E-state index contributed by atoms with van der Waals surface area (Å²) in [5, 5.41) is 4.02. The largest absolute Gasteiger partial charge is 0.349 e. The van der Waals surface area contributed by atoms with Gasteiger partial charge in [-0.05, 0) is 56.4 Å². The maximum atomic E-state index is 12.8. The van der Waals surface area contributed by atoms with Crippen LogP contribution in [0, 0.1) is 13.8 Å². The van der Waals surface area contributed by atoms with E-state index in [9.17, 15) is 4.79 Å². The first-order valence-corrected chi connectivity index (χ1v) is 11.0. The van der Waals surface area contributed by atoms with Gasteiger partial charge in [-0.3, -0.25) is 4.79 Å². The molecule has 0 radical (unpaired) electrons. The fourth-order valence-electron chi connectivity index (χ4n) is 3.28. The molecule has 0 saturated carbocycles. The summed E-state index contributed by atoms with van der Waals surface area (Å²) in [6, 6.07) is 8.70. The van der Waals surface area contributed by atoms with Gasteiger partial charge in [0.15, 0.2) is 0 Å². The van der Waals surface area contributed by atoms with Gasteiger partial charge in [-0.15, -0.1) is 11.3 Å². The van der Waals surface area contributed by atoms with Crippen molar-refractivity contribution >= 4 is 39.0 Å². The fourth-order valence-corrected chi connectivity index (χ4v) is 4.40. The predicted molar refractivity (Wildman–Crippen MR) is 123 cm³/mol. The number of nitrogens with one attached hydrogen (secondary N) is 1. The van der Waals surface area contributed by atoms with Crippen molar-refractivity contribution in [2.75, 3.05) is 11.9 Å². The van der Waals surface area contributed by atoms with Gasteiger partial charge < -0.3 is 10.2 Å². The first kappa shape index (κ1) is 21.2. The number of fused-ring (bicyclic) bond motifs is 1. The summed E-state index contributed by atoms with van der Waals surface area (Å²) < 4.78 is 0. The number of hydrogen-bond acceptors (Lipinski definition) is 5. The van der Waals surface area contributed by atoms with Crippen molar-refractivity contribution in [3.05, 3.63) is 46.1 Å². The third kappa shape index (κ3) is 4.27. The molecule has 0 fully saturated rings. The molecule has 0 aliphatic rings. The Balaban J connectivity index is 2.06. The van der Waals surface area contributed by atoms with Gasteiger partial charge in [0.2, 0.25) is 0 Å². The molecule has 2 heterocycles. The molecule has 0 bridgehead atoms. The van der Waals surface area contributed by atoms with E-state index in [-0.39, 0.29) is 11.9 Å². The van der Waals surface area contributed by atoms with Gasteiger partial charge in [-0.25, -0.2) is 9.97 Å². The summed E-state index contributed by atoms with van der Waals surface area (Å²) in [7, 11) is 2.02. The van der Waals surface area contributed by atoms with Crippen molar-refractivity contribution in [3.8, 4) is 0 Å². The van der Waals surface area contributed by atoms with Crippen molar-refractivity contribution in [3.63, 3.8) is 0 Å². The Hall–Kier alpha value is -2.47. The molecule has 1 amide bonds. The topological polar surface area (TPSA) is 58.1 Å². The highest BCUT2D eigenvalue weighted by atomic mass is 32.1. The zero-order valence-electron chi connectivity index (χ0n) is 18.3. The monoisotopic (exact) mass is 410 g/mol. The molecule has 6 heteroatoms. The Labute approximate surface area is 177 Å². The number of thiophene rings is 1. The van der Waals surface area contributed by atoms with Crippen molar-refractivity contribution in [2.24, 2.45) is 0 Å². The zero-order chi connectivity index (χ0) is 21.3. The average molecular weight is 411 g/mol. The van der Waals surface area contributed by atoms with Crippen LogP contribution in [0.2, 0.25) is 0 Å². The normalized spacial score (nSPS) is 12.4. The van der Waals surface area contributed by atoms with Crippen LogP contribution in [0.1, 0.15) is 66.7 Å². The van der Waals surface area contributed by atoms with Crippen LogP contribution in [0.15, 0.2) is 24.3 Å². The molecule has 5 nitrogen and oxygen atoms in total. The molecular weight excluding hydrogens is 380 g/mol. The average Bonchev–Trinajstić information content (AvgIpc) is 3.03. The van der Waals surface area contributed by atoms with E-state index in [2.05, 4.69) is 60.2 Å². The SMILES string of the molecule is CC[C@@H](C)NC(=O)c1sc2nc(C)nc(N(C)c3ccc(C(C)C)cc3)c2c1C. The maximum absolute atomic E-state index is 12.8. The molecule has 1 aromatic carbocycles. The Morgan fingerprint density at radius 2 is 1.79 bits per heavy atom. The van der Waals surface area contributed by atoms with Gasteiger partial charge in [0, 0.05) is 18.8 Å². The lowest BCUT2D eigenvalue weighted by Crippen LogP contribution is -2.31. The van der Waals surface area contributed by atoms with Gasteiger partial charge in [0.25, 0.3) is 5.91 Å². The Kier molecular flexibility index (Phi) is 6.22. The summed E-state index contributed by atoms with van der Waals surface area (Å²) >= 11 is 1.44. The second kappa shape index (κ2) is 8.49. The number of nitrogens with zero attached hydrogens (tertiary/aromatic N) is 3. The van der Waals surface area contributed by atoms with Crippen molar-refractivity contribution < 1.29 is 4.79 Å². The molecule has 2 aromatic heterocycles. The molecule has 1 N–H and O–H groups in total. The third-order valence-corrected chi connectivity index (χ3v) is 6.53. The van der Waals surface area contributed by atoms with E-state index >= 15 is 0 Å². The van der Waals surface area contributed by atoms with Crippen LogP contribution >= 0.6 is 11.3 Å². The molecule has 3 rings (SSSR count). The van der Waals surface area contributed by atoms with Crippen LogP contribution in [0.5, 0.6) is 0 Å². The van der Waals surface area contributed by atoms with Gasteiger partial charge in [-0.2, -0.15) is 0 Å². The lowest BCUT2D eigenvalue weighted by atomic mass is 10.0. The Morgan fingerprint density at radius 1 is 1.14 bits per heavy atom. The van der Waals surface area contributed by atoms with Crippen LogP contribution in [-0.4, -0.2) is 29.0 Å². The summed E-state index contributed by atoms with van der Waals surface area (Å²) in [6.07, 6.45) is 0.898. The summed E-state index contributed by atoms with van der Waals surface area (Å²) in [6.45, 7) is 12.3. The Bertz CT molecular complexity index is 1020. The molecule has 0 aliphatic heterocycles. The molecule has 0 spiro atoms. The van der Waals surface area contributed by atoms with Gasteiger partial charge >= 0.3 is 0 Å². The number of hydrogen-bond donors (Lipinski definition) is 1. The second-order valence-corrected chi connectivity index (χ2v) is 8.92. The highest BCUT2D eigenvalue weighted by Crippen LogP contribution is 2.37. The van der Waals surface area contributed by atoms with E-state index in [1.165, 1.54) is 16.9 Å². The van der Waals surface area contributed by atoms with Crippen LogP contribution in [-0.2, 0) is 0 Å². The lowest BCUT2D eigenvalue weighted by molar-refractivity contribution is 0.0943. The van der Waals surface area contributed by atoms with Gasteiger partial charge in [0.1, 0.15) is 16.5 Å². The Morgan fingerprint density at radius 3 is 2.38 bits per heavy atom. The number of carbonyl (C=O) groups excluding carboxylic acids is 1. The lowest BCUT2D eigenvalue weighted by Gasteiger charge is -2.21. The van der Waals surface area contributed by atoms with Crippen LogP contribution < -0.4 is 10.2 Å². The second-order valence-electron chi connectivity index (χ2n) is 7.92. The van der Waals surface area contributed by atoms with Crippen molar-refractivity contribution in [1.29, 1.82) is 0 Å². The van der Waals surface area contributed by atoms with Crippen molar-refractivity contribution in [1.82, 2.24) is 15.3 Å². The van der Waals surface area contributed by atoms with E-state index in [0.29, 0.717) is 16.6 Å². The smallest absolute Gasteiger partial charge is 0.261 e. The number of aromatic nitrogens is 2. The van der Waals surface area contributed by atoms with E-state index in [1.54, 1.807) is 0 Å². The minimum atomic E-state index is -0.0348. The summed E-state index contributed by atoms with van der Waals surface area (Å²) in [4.78, 5) is 25.8. The number of benzene rings is 1. The van der Waals surface area contributed by atoms with Crippen LogP contribution in [0.25, 0.3) is 10.2 Å². The number of carbonyl (C=O) groups is 1. The number of amides is 1. The molecule has 0 aliphatic carbocycles. The van der Waals surface area contributed by atoms with E-state index < -0.39 is 0 Å². The number of aryl methyl sites for hydroxylation is 2. The maximum Gasteiger partial charge on any atom is 0.261 e. The first-order chi connectivity index (χ1) is 13.7. The minimum absolute atomic E-state index is 0.0348. The van der Waals surface area contributed by atoms with Crippen LogP contribution in [0.3, 0.4) is 0 Å². The van der Waals surface area contributed by atoms with E-state index in [4.69, 9.17) is 4.98 Å². The highest BCUT2D eigenvalue weighted by Gasteiger charge is 2.22. The molecule has 1 atom stereocenters. The standard InChI is InChI=1S/C23H30N4OS/c1-8-14(4)24-22(28)20-15(5)19-21(25-16(6)26-23(19)29-20)27(7)18-11-9-17(10-12-18)13(2)3/h9-14H,8H2,1-7H3,(H,24,28)/t14-/m1/s1. The molecule has 0 saturated heterocycles. The van der Waals surface area contributed by atoms with Gasteiger partial charge in [0.05, 0.1) is 10.3 Å². The summed E-state index contributed by atoms with van der Waals surface area (Å²) in [5.74, 6) is 2.00. The molecular formula is C23H30N4OS. The quantitative estimate of drug-likeness (QED) is 0.564. The first-order valence-electron chi connectivity index (χ1n) is 10.1. The molecule has 0 unspecified atom stereocenters. The number of rotatable bonds is 6. The van der Waals surface area contributed by atoms with E-state index in [1.807, 2.05) is 27.8 Å².